The molecule has 1 unspecified atom stereocenters. The molecule has 0 radical (unpaired) electrons. The second kappa shape index (κ2) is 5.62. The van der Waals surface area contributed by atoms with E-state index >= 15 is 0 Å². The first-order valence-corrected chi connectivity index (χ1v) is 7.43. The molecule has 1 aliphatic rings. The predicted octanol–water partition coefficient (Wildman–Crippen LogP) is 3.88. The lowest BCUT2D eigenvalue weighted by Gasteiger charge is -2.25. The molecule has 1 atom stereocenters. The monoisotopic (exact) mass is 311 g/mol. The minimum atomic E-state index is 0.174. The first kappa shape index (κ1) is 13.9. The van der Waals surface area contributed by atoms with Gasteiger partial charge in [-0.3, -0.25) is 0 Å². The first-order valence-electron chi connectivity index (χ1n) is 6.64. The Morgan fingerprint density at radius 2 is 2.11 bits per heavy atom. The summed E-state index contributed by atoms with van der Waals surface area (Å²) in [5.41, 5.74) is 1.50. The molecule has 100 valence electrons. The van der Waals surface area contributed by atoms with E-state index in [-0.39, 0.29) is 5.41 Å². The van der Waals surface area contributed by atoms with E-state index in [1.165, 1.54) is 12.0 Å². The fourth-order valence-corrected chi connectivity index (χ4v) is 2.64. The average molecular weight is 312 g/mol. The van der Waals surface area contributed by atoms with E-state index in [0.29, 0.717) is 6.10 Å². The predicted molar refractivity (Wildman–Crippen MR) is 79.4 cm³/mol. The molecule has 0 amide bonds. The fraction of sp³-hybridized carbons (Fsp3) is 0.600. The molecular weight excluding hydrogens is 290 g/mol. The maximum absolute atomic E-state index is 6.04. The maximum atomic E-state index is 6.04. The van der Waals surface area contributed by atoms with Crippen molar-refractivity contribution in [1.29, 1.82) is 0 Å². The van der Waals surface area contributed by atoms with E-state index in [0.717, 1.165) is 29.7 Å². The lowest BCUT2D eigenvalue weighted by molar-refractivity contribution is 0.166. The molecule has 1 aliphatic heterocycles. The Morgan fingerprint density at radius 1 is 1.33 bits per heavy atom. The highest BCUT2D eigenvalue weighted by Crippen LogP contribution is 2.32. The second-order valence-electron chi connectivity index (χ2n) is 5.98. The van der Waals surface area contributed by atoms with Crippen molar-refractivity contribution in [2.24, 2.45) is 0 Å². The topological polar surface area (TPSA) is 21.3 Å². The number of hydrogen-bond donors (Lipinski definition) is 1. The fourth-order valence-electron chi connectivity index (χ4n) is 2.16. The van der Waals surface area contributed by atoms with Crippen molar-refractivity contribution in [2.45, 2.75) is 45.1 Å². The van der Waals surface area contributed by atoms with Gasteiger partial charge in [0.25, 0.3) is 0 Å². The minimum Gasteiger partial charge on any atom is -0.488 e. The third kappa shape index (κ3) is 3.48. The Morgan fingerprint density at radius 3 is 2.67 bits per heavy atom. The van der Waals surface area contributed by atoms with Crippen LogP contribution in [0, 0.1) is 0 Å². The van der Waals surface area contributed by atoms with E-state index in [4.69, 9.17) is 4.74 Å². The molecule has 1 aromatic carbocycles. The zero-order valence-corrected chi connectivity index (χ0v) is 13.0. The van der Waals surface area contributed by atoms with Crippen LogP contribution in [0.1, 0.15) is 39.2 Å². The number of benzene rings is 1. The Labute approximate surface area is 118 Å². The number of ether oxygens (including phenoxy) is 1. The van der Waals surface area contributed by atoms with Crippen molar-refractivity contribution in [2.75, 3.05) is 13.1 Å². The van der Waals surface area contributed by atoms with E-state index in [2.05, 4.69) is 60.2 Å². The Hall–Kier alpha value is -0.540. The van der Waals surface area contributed by atoms with Crippen LogP contribution in [-0.4, -0.2) is 19.2 Å². The number of piperidine rings is 1. The number of hydrogen-bond acceptors (Lipinski definition) is 2. The summed E-state index contributed by atoms with van der Waals surface area (Å²) in [4.78, 5) is 0. The van der Waals surface area contributed by atoms with Gasteiger partial charge in [-0.05, 0) is 58.4 Å². The molecule has 1 N–H and O–H groups in total. The average Bonchev–Trinajstić information content (AvgIpc) is 2.32. The van der Waals surface area contributed by atoms with E-state index in [1.54, 1.807) is 0 Å². The van der Waals surface area contributed by atoms with Gasteiger partial charge in [-0.25, -0.2) is 0 Å². The molecule has 0 aliphatic carbocycles. The SMILES string of the molecule is CC(C)(C)c1ccc(OC2CCCNC2)c(Br)c1. The number of rotatable bonds is 2. The molecule has 0 bridgehead atoms. The van der Waals surface area contributed by atoms with Crippen LogP contribution in [-0.2, 0) is 5.41 Å². The van der Waals surface area contributed by atoms with Crippen LogP contribution in [0.5, 0.6) is 5.75 Å². The Kier molecular flexibility index (Phi) is 4.33. The van der Waals surface area contributed by atoms with Gasteiger partial charge in [-0.1, -0.05) is 26.8 Å². The number of halogens is 1. The summed E-state index contributed by atoms with van der Waals surface area (Å²) < 4.78 is 7.10. The lowest BCUT2D eigenvalue weighted by atomic mass is 9.87. The quantitative estimate of drug-likeness (QED) is 0.895. The van der Waals surface area contributed by atoms with Gasteiger partial charge in [0.1, 0.15) is 11.9 Å². The molecule has 1 saturated heterocycles. The normalized spacial score (nSPS) is 20.8. The van der Waals surface area contributed by atoms with Gasteiger partial charge in [0, 0.05) is 6.54 Å². The van der Waals surface area contributed by atoms with Gasteiger partial charge in [0.05, 0.1) is 4.47 Å². The van der Waals surface area contributed by atoms with Crippen molar-refractivity contribution >= 4 is 15.9 Å². The maximum Gasteiger partial charge on any atom is 0.133 e. The molecule has 2 nitrogen and oxygen atoms in total. The van der Waals surface area contributed by atoms with Crippen LogP contribution in [0.25, 0.3) is 0 Å². The molecule has 0 aromatic heterocycles. The molecule has 18 heavy (non-hydrogen) atoms. The van der Waals surface area contributed by atoms with Gasteiger partial charge in [0.15, 0.2) is 0 Å². The minimum absolute atomic E-state index is 0.174. The summed E-state index contributed by atoms with van der Waals surface area (Å²) in [6, 6.07) is 6.42. The molecule has 1 aromatic rings. The van der Waals surface area contributed by atoms with Crippen LogP contribution in [0.4, 0.5) is 0 Å². The van der Waals surface area contributed by atoms with Crippen LogP contribution in [0.15, 0.2) is 22.7 Å². The zero-order chi connectivity index (χ0) is 13.2. The second-order valence-corrected chi connectivity index (χ2v) is 6.84. The number of nitrogens with one attached hydrogen (secondary N) is 1. The highest BCUT2D eigenvalue weighted by atomic mass is 79.9. The summed E-state index contributed by atoms with van der Waals surface area (Å²) >= 11 is 3.62. The molecule has 3 heteroatoms. The first-order chi connectivity index (χ1) is 8.47. The van der Waals surface area contributed by atoms with Gasteiger partial charge in [-0.15, -0.1) is 0 Å². The molecule has 0 saturated carbocycles. The van der Waals surface area contributed by atoms with E-state index in [1.807, 2.05) is 0 Å². The van der Waals surface area contributed by atoms with Crippen LogP contribution < -0.4 is 10.1 Å². The van der Waals surface area contributed by atoms with E-state index in [9.17, 15) is 0 Å². The standard InChI is InChI=1S/C15H22BrNO/c1-15(2,3)11-6-7-14(13(16)9-11)18-12-5-4-8-17-10-12/h6-7,9,12,17H,4-5,8,10H2,1-3H3. The third-order valence-electron chi connectivity index (χ3n) is 3.34. The van der Waals surface area contributed by atoms with Crippen molar-refractivity contribution in [3.05, 3.63) is 28.2 Å². The molecule has 1 fully saturated rings. The van der Waals surface area contributed by atoms with Crippen molar-refractivity contribution in [3.63, 3.8) is 0 Å². The van der Waals surface area contributed by atoms with Crippen LogP contribution >= 0.6 is 15.9 Å². The Balaban J connectivity index is 2.09. The Bertz CT molecular complexity index is 405. The van der Waals surface area contributed by atoms with E-state index < -0.39 is 0 Å². The summed E-state index contributed by atoms with van der Waals surface area (Å²) in [5, 5.41) is 3.37. The summed E-state index contributed by atoms with van der Waals surface area (Å²) in [7, 11) is 0. The third-order valence-corrected chi connectivity index (χ3v) is 3.96. The largest absolute Gasteiger partial charge is 0.488 e. The van der Waals surface area contributed by atoms with Gasteiger partial charge >= 0.3 is 0 Å². The van der Waals surface area contributed by atoms with Crippen molar-refractivity contribution < 1.29 is 4.74 Å². The smallest absolute Gasteiger partial charge is 0.133 e. The molecular formula is C15H22BrNO. The van der Waals surface area contributed by atoms with Crippen molar-refractivity contribution in [3.8, 4) is 5.75 Å². The molecule has 0 spiro atoms. The highest BCUT2D eigenvalue weighted by Gasteiger charge is 2.18. The van der Waals surface area contributed by atoms with Crippen molar-refractivity contribution in [1.82, 2.24) is 5.32 Å². The lowest BCUT2D eigenvalue weighted by Crippen LogP contribution is -2.37. The van der Waals surface area contributed by atoms with Gasteiger partial charge < -0.3 is 10.1 Å². The highest BCUT2D eigenvalue weighted by molar-refractivity contribution is 9.10. The zero-order valence-electron chi connectivity index (χ0n) is 11.4. The molecule has 1 heterocycles. The van der Waals surface area contributed by atoms with Gasteiger partial charge in [-0.2, -0.15) is 0 Å². The molecule has 2 rings (SSSR count). The van der Waals surface area contributed by atoms with Crippen LogP contribution in [0.3, 0.4) is 0 Å². The van der Waals surface area contributed by atoms with Crippen LogP contribution in [0.2, 0.25) is 0 Å². The van der Waals surface area contributed by atoms with Gasteiger partial charge in [0.2, 0.25) is 0 Å². The summed E-state index contributed by atoms with van der Waals surface area (Å²) in [6.07, 6.45) is 2.64. The summed E-state index contributed by atoms with van der Waals surface area (Å²) in [6.45, 7) is 8.73. The summed E-state index contributed by atoms with van der Waals surface area (Å²) in [5.74, 6) is 0.955.